The molecule has 0 aliphatic carbocycles. The third kappa shape index (κ3) is 10.7. The SMILES string of the molecule is CSC(C)(C)C#Cc1ccc(-c2ccc(Cl)c3c(N)nn(CC(F)F)c23)c(C(Cc2cc(F)cc(F)c2)N=CCN=C(C=C(N)C(F)F)C(C)(F)F)n1. The predicted octanol–water partition coefficient (Wildman–Crippen LogP) is 8.93. The van der Waals surface area contributed by atoms with Crippen LogP contribution >= 0.6 is 23.4 Å². The van der Waals surface area contributed by atoms with E-state index in [9.17, 15) is 35.1 Å². The maximum atomic E-state index is 14.4. The molecule has 17 heteroatoms. The molecule has 1 atom stereocenters. The summed E-state index contributed by atoms with van der Waals surface area (Å²) in [5, 5.41) is 4.40. The number of allylic oxidation sites excluding steroid dienone is 2. The number of nitrogens with zero attached hydrogens (tertiary/aromatic N) is 5. The highest BCUT2D eigenvalue weighted by atomic mass is 35.5. The van der Waals surface area contributed by atoms with Gasteiger partial charge in [0.05, 0.1) is 44.7 Å². The van der Waals surface area contributed by atoms with Crippen molar-refractivity contribution in [1.29, 1.82) is 0 Å². The quantitative estimate of drug-likeness (QED) is 0.0801. The van der Waals surface area contributed by atoms with E-state index in [0.717, 1.165) is 23.0 Å². The lowest BCUT2D eigenvalue weighted by molar-refractivity contribution is 0.101. The second-order valence-corrected chi connectivity index (χ2v) is 14.1. The predicted molar refractivity (Wildman–Crippen MR) is 195 cm³/mol. The van der Waals surface area contributed by atoms with Gasteiger partial charge in [-0.05, 0) is 68.0 Å². The molecule has 0 bridgehead atoms. The molecule has 0 saturated heterocycles. The topological polar surface area (TPSA) is 107 Å². The number of alkyl halides is 6. The summed E-state index contributed by atoms with van der Waals surface area (Å²) in [6.07, 6.45) is -2.89. The number of aliphatic imine (C=N–C) groups is 2. The fourth-order valence-electron chi connectivity index (χ4n) is 5.10. The fraction of sp³-hybridized carbons (Fsp3) is 0.333. The lowest BCUT2D eigenvalue weighted by atomic mass is 9.94. The third-order valence-electron chi connectivity index (χ3n) is 7.70. The van der Waals surface area contributed by atoms with Gasteiger partial charge in [0.2, 0.25) is 0 Å². The molecule has 53 heavy (non-hydrogen) atoms. The minimum Gasteiger partial charge on any atom is -0.397 e. The van der Waals surface area contributed by atoms with Crippen molar-refractivity contribution in [2.75, 3.05) is 18.5 Å². The summed E-state index contributed by atoms with van der Waals surface area (Å²) < 4.78 is 111. The number of halogens is 9. The highest BCUT2D eigenvalue weighted by Gasteiger charge is 2.29. The van der Waals surface area contributed by atoms with Gasteiger partial charge in [0.25, 0.3) is 18.8 Å². The van der Waals surface area contributed by atoms with Crippen molar-refractivity contribution in [2.24, 2.45) is 15.7 Å². The molecule has 2 aromatic heterocycles. The van der Waals surface area contributed by atoms with Crippen LogP contribution in [0.1, 0.15) is 43.8 Å². The Balaban J connectivity index is 2.00. The van der Waals surface area contributed by atoms with Gasteiger partial charge in [-0.1, -0.05) is 23.6 Å². The van der Waals surface area contributed by atoms with Crippen LogP contribution in [-0.4, -0.2) is 63.0 Å². The Labute approximate surface area is 309 Å². The molecule has 0 spiro atoms. The van der Waals surface area contributed by atoms with Crippen molar-refractivity contribution in [3.8, 4) is 23.0 Å². The van der Waals surface area contributed by atoms with Crippen LogP contribution in [0.25, 0.3) is 22.0 Å². The number of anilines is 1. The zero-order valence-corrected chi connectivity index (χ0v) is 30.3. The largest absolute Gasteiger partial charge is 0.397 e. The van der Waals surface area contributed by atoms with Crippen molar-refractivity contribution in [2.45, 2.75) is 63.3 Å². The first-order valence-electron chi connectivity index (χ1n) is 15.8. The summed E-state index contributed by atoms with van der Waals surface area (Å²) in [6, 6.07) is 7.90. The first-order valence-corrected chi connectivity index (χ1v) is 17.4. The first kappa shape index (κ1) is 41.1. The smallest absolute Gasteiger partial charge is 0.286 e. The van der Waals surface area contributed by atoms with Gasteiger partial charge in [0.15, 0.2) is 5.82 Å². The van der Waals surface area contributed by atoms with Gasteiger partial charge in [-0.15, -0.1) is 11.8 Å². The molecule has 2 aromatic carbocycles. The molecule has 0 aliphatic rings. The van der Waals surface area contributed by atoms with Crippen molar-refractivity contribution in [3.05, 3.63) is 87.8 Å². The number of pyridine rings is 1. The Morgan fingerprint density at radius 2 is 1.70 bits per heavy atom. The van der Waals surface area contributed by atoms with Crippen molar-refractivity contribution >= 4 is 52.0 Å². The molecule has 4 aromatic rings. The standard InChI is InChI=1S/C36H34ClF8N7S/c1-35(2,53-4)10-9-22-5-6-23(24-7-8-25(37)30-32(24)52(18-29(40)41)51-34(30)47)31(50-22)27(15-19-13-20(38)16-21(39)14-19)48-11-12-49-28(36(3,44)45)17-26(46)33(42)43/h5-8,11,13-14,16-17,27,29,33H,12,15,18,46H2,1-4H3,(H2,47,51). The summed E-state index contributed by atoms with van der Waals surface area (Å²) in [7, 11) is 0. The molecule has 7 nitrogen and oxygen atoms in total. The van der Waals surface area contributed by atoms with Crippen LogP contribution in [0.5, 0.6) is 0 Å². The summed E-state index contributed by atoms with van der Waals surface area (Å²) in [6.45, 7) is 2.85. The van der Waals surface area contributed by atoms with Gasteiger partial charge < -0.3 is 11.5 Å². The number of hydrogen-bond acceptors (Lipinski definition) is 7. The number of aromatic nitrogens is 3. The average molecular weight is 784 g/mol. The number of nitrogens with two attached hydrogens (primary N) is 2. The van der Waals surface area contributed by atoms with Crippen LogP contribution in [0.2, 0.25) is 5.02 Å². The Kier molecular flexibility index (Phi) is 13.2. The lowest BCUT2D eigenvalue weighted by Crippen LogP contribution is -2.25. The molecule has 2 heterocycles. The van der Waals surface area contributed by atoms with Gasteiger partial charge in [-0.3, -0.25) is 14.7 Å². The first-order chi connectivity index (χ1) is 24.8. The maximum Gasteiger partial charge on any atom is 0.286 e. The van der Waals surface area contributed by atoms with Crippen molar-refractivity contribution < 1.29 is 35.1 Å². The molecule has 1 unspecified atom stereocenters. The van der Waals surface area contributed by atoms with Crippen LogP contribution < -0.4 is 11.5 Å². The van der Waals surface area contributed by atoms with Gasteiger partial charge in [0, 0.05) is 36.8 Å². The van der Waals surface area contributed by atoms with Crippen LogP contribution in [0.4, 0.5) is 40.9 Å². The molecule has 0 aliphatic heterocycles. The van der Waals surface area contributed by atoms with Gasteiger partial charge in [0.1, 0.15) is 29.6 Å². The summed E-state index contributed by atoms with van der Waals surface area (Å²) >= 11 is 7.94. The van der Waals surface area contributed by atoms with Crippen LogP contribution in [0, 0.1) is 23.5 Å². The zero-order valence-electron chi connectivity index (χ0n) is 28.8. The van der Waals surface area contributed by atoms with Crippen molar-refractivity contribution in [3.63, 3.8) is 0 Å². The Morgan fingerprint density at radius 3 is 2.30 bits per heavy atom. The fourth-order valence-corrected chi connectivity index (χ4v) is 5.50. The molecule has 0 radical (unpaired) electrons. The monoisotopic (exact) mass is 783 g/mol. The minimum atomic E-state index is -3.65. The van der Waals surface area contributed by atoms with E-state index in [2.05, 4.69) is 26.9 Å². The molecule has 4 N–H and O–H groups in total. The van der Waals surface area contributed by atoms with E-state index < -0.39 is 65.7 Å². The summed E-state index contributed by atoms with van der Waals surface area (Å²) in [5.74, 6) is 0.584. The van der Waals surface area contributed by atoms with Crippen LogP contribution in [-0.2, 0) is 13.0 Å². The normalized spacial score (nSPS) is 13.7. The van der Waals surface area contributed by atoms with E-state index in [0.29, 0.717) is 30.2 Å². The number of benzene rings is 2. The zero-order chi connectivity index (χ0) is 39.2. The Hall–Kier alpha value is -4.62. The summed E-state index contributed by atoms with van der Waals surface area (Å²) in [5.41, 5.74) is 10.4. The van der Waals surface area contributed by atoms with Gasteiger partial charge in [-0.25, -0.2) is 31.3 Å². The van der Waals surface area contributed by atoms with E-state index >= 15 is 0 Å². The number of hydrogen-bond donors (Lipinski definition) is 2. The lowest BCUT2D eigenvalue weighted by Gasteiger charge is -2.19. The average Bonchev–Trinajstić information content (AvgIpc) is 3.39. The minimum absolute atomic E-state index is 0.114. The van der Waals surface area contributed by atoms with E-state index in [1.54, 1.807) is 18.2 Å². The molecule has 0 fully saturated rings. The molecule has 0 saturated carbocycles. The van der Waals surface area contributed by atoms with Gasteiger partial charge >= 0.3 is 0 Å². The second kappa shape index (κ2) is 17.0. The highest BCUT2D eigenvalue weighted by molar-refractivity contribution is 8.00. The van der Waals surface area contributed by atoms with E-state index in [1.807, 2.05) is 20.1 Å². The molecule has 0 amide bonds. The number of fused-ring (bicyclic) bond motifs is 1. The number of nitrogen functional groups attached to an aromatic ring is 1. The van der Waals surface area contributed by atoms with Crippen molar-refractivity contribution in [1.82, 2.24) is 14.8 Å². The maximum absolute atomic E-state index is 14.4. The van der Waals surface area contributed by atoms with E-state index in [4.69, 9.17) is 28.1 Å². The second-order valence-electron chi connectivity index (χ2n) is 12.3. The molecule has 282 valence electrons. The molecule has 4 rings (SSSR count). The molecular weight excluding hydrogens is 750 g/mol. The van der Waals surface area contributed by atoms with Crippen LogP contribution in [0.15, 0.2) is 64.2 Å². The molecular formula is C36H34ClF8N7S. The van der Waals surface area contributed by atoms with Crippen LogP contribution in [0.3, 0.4) is 0 Å². The van der Waals surface area contributed by atoms with Gasteiger partial charge in [-0.2, -0.15) is 13.9 Å². The Morgan fingerprint density at radius 1 is 1.04 bits per heavy atom. The Bertz CT molecular complexity index is 2090. The third-order valence-corrected chi connectivity index (χ3v) is 9.14. The highest BCUT2D eigenvalue weighted by Crippen LogP contribution is 2.40. The summed E-state index contributed by atoms with van der Waals surface area (Å²) in [4.78, 5) is 13.0. The number of rotatable bonds is 13. The number of thioether (sulfide) groups is 1. The van der Waals surface area contributed by atoms with E-state index in [-0.39, 0.29) is 45.1 Å². The van der Waals surface area contributed by atoms with E-state index in [1.165, 1.54) is 17.8 Å².